The van der Waals surface area contributed by atoms with E-state index >= 15 is 0 Å². The molecule has 0 aliphatic carbocycles. The monoisotopic (exact) mass is 334 g/mol. The summed E-state index contributed by atoms with van der Waals surface area (Å²) in [5, 5.41) is 11.1. The molecule has 24 heavy (non-hydrogen) atoms. The van der Waals surface area contributed by atoms with Crippen molar-refractivity contribution in [3.63, 3.8) is 0 Å². The van der Waals surface area contributed by atoms with Gasteiger partial charge in [-0.25, -0.2) is 4.79 Å². The number of urea groups is 1. The van der Waals surface area contributed by atoms with Crippen molar-refractivity contribution in [1.29, 1.82) is 0 Å². The Labute approximate surface area is 140 Å². The Bertz CT molecular complexity index is 585. The third-order valence-corrected chi connectivity index (χ3v) is 3.88. The lowest BCUT2D eigenvalue weighted by Crippen LogP contribution is -2.55. The predicted octanol–water partition coefficient (Wildman–Crippen LogP) is -0.505. The van der Waals surface area contributed by atoms with Crippen molar-refractivity contribution in [2.24, 2.45) is 5.73 Å². The Balaban J connectivity index is 1.77. The van der Waals surface area contributed by atoms with Crippen LogP contribution in [0.15, 0.2) is 30.3 Å². The molecule has 0 radical (unpaired) electrons. The van der Waals surface area contributed by atoms with E-state index in [-0.39, 0.29) is 6.54 Å². The zero-order valence-electron chi connectivity index (χ0n) is 13.4. The SMILES string of the molecule is N[C@@H](Cc1ccccc1)C(=O)NC(=O)N1CCN(CC(=O)O)CC1. The number of carbonyl (C=O) groups is 3. The van der Waals surface area contributed by atoms with E-state index in [0.29, 0.717) is 32.6 Å². The predicted molar refractivity (Wildman–Crippen MR) is 87.3 cm³/mol. The van der Waals surface area contributed by atoms with Crippen LogP contribution in [0.2, 0.25) is 0 Å². The number of amides is 3. The molecule has 1 aliphatic rings. The maximum atomic E-state index is 12.1. The highest BCUT2D eigenvalue weighted by atomic mass is 16.4. The molecule has 1 aromatic carbocycles. The number of benzene rings is 1. The minimum atomic E-state index is -0.894. The van der Waals surface area contributed by atoms with Crippen LogP contribution in [0.4, 0.5) is 4.79 Å². The number of hydrogen-bond donors (Lipinski definition) is 3. The van der Waals surface area contributed by atoms with Crippen molar-refractivity contribution in [3.05, 3.63) is 35.9 Å². The largest absolute Gasteiger partial charge is 0.480 e. The second kappa shape index (κ2) is 8.42. The summed E-state index contributed by atoms with van der Waals surface area (Å²) >= 11 is 0. The number of nitrogens with zero attached hydrogens (tertiary/aromatic N) is 2. The summed E-state index contributed by atoms with van der Waals surface area (Å²) in [6.07, 6.45) is 0.354. The standard InChI is InChI=1S/C16H22N4O4/c17-13(10-12-4-2-1-3-5-12)15(23)18-16(24)20-8-6-19(7-9-20)11-14(21)22/h1-5,13H,6-11,17H2,(H,21,22)(H,18,23,24)/t13-/m0/s1. The van der Waals surface area contributed by atoms with Crippen LogP contribution in [0.3, 0.4) is 0 Å². The number of carboxylic acid groups (broad SMARTS) is 1. The fraction of sp³-hybridized carbons (Fsp3) is 0.438. The van der Waals surface area contributed by atoms with Gasteiger partial charge in [-0.1, -0.05) is 30.3 Å². The van der Waals surface area contributed by atoms with Gasteiger partial charge in [-0.05, 0) is 12.0 Å². The van der Waals surface area contributed by atoms with Crippen LogP contribution in [0.25, 0.3) is 0 Å². The summed E-state index contributed by atoms with van der Waals surface area (Å²) in [6.45, 7) is 1.63. The zero-order valence-corrected chi connectivity index (χ0v) is 13.4. The summed E-state index contributed by atoms with van der Waals surface area (Å²) in [7, 11) is 0. The van der Waals surface area contributed by atoms with E-state index < -0.39 is 23.9 Å². The third-order valence-electron chi connectivity index (χ3n) is 3.88. The molecule has 3 amide bonds. The molecule has 8 heteroatoms. The van der Waals surface area contributed by atoms with Gasteiger partial charge in [0, 0.05) is 26.2 Å². The van der Waals surface area contributed by atoms with E-state index in [2.05, 4.69) is 5.32 Å². The molecule has 130 valence electrons. The topological polar surface area (TPSA) is 116 Å². The number of hydrogen-bond acceptors (Lipinski definition) is 5. The minimum absolute atomic E-state index is 0.0453. The van der Waals surface area contributed by atoms with E-state index in [9.17, 15) is 14.4 Å². The molecule has 0 aromatic heterocycles. The fourth-order valence-corrected chi connectivity index (χ4v) is 2.54. The number of nitrogens with two attached hydrogens (primary N) is 1. The van der Waals surface area contributed by atoms with Gasteiger partial charge in [0.1, 0.15) is 0 Å². The van der Waals surface area contributed by atoms with Crippen molar-refractivity contribution in [3.8, 4) is 0 Å². The molecule has 0 saturated carbocycles. The molecular formula is C16H22N4O4. The Hall–Kier alpha value is -2.45. The molecule has 8 nitrogen and oxygen atoms in total. The molecule has 1 saturated heterocycles. The Morgan fingerprint density at radius 1 is 1.12 bits per heavy atom. The molecule has 1 atom stereocenters. The molecule has 1 aliphatic heterocycles. The highest BCUT2D eigenvalue weighted by Crippen LogP contribution is 2.04. The van der Waals surface area contributed by atoms with E-state index in [0.717, 1.165) is 5.56 Å². The van der Waals surface area contributed by atoms with E-state index in [1.807, 2.05) is 30.3 Å². The van der Waals surface area contributed by atoms with Crippen LogP contribution in [-0.2, 0) is 16.0 Å². The lowest BCUT2D eigenvalue weighted by atomic mass is 10.1. The first-order valence-electron chi connectivity index (χ1n) is 7.79. The van der Waals surface area contributed by atoms with Gasteiger partial charge < -0.3 is 15.7 Å². The molecule has 4 N–H and O–H groups in total. The second-order valence-corrected chi connectivity index (χ2v) is 5.75. The number of carbonyl (C=O) groups excluding carboxylic acids is 2. The number of piperazine rings is 1. The Kier molecular flexibility index (Phi) is 6.28. The maximum Gasteiger partial charge on any atom is 0.324 e. The summed E-state index contributed by atoms with van der Waals surface area (Å²) in [5.74, 6) is -1.41. The number of nitrogens with one attached hydrogen (secondary N) is 1. The van der Waals surface area contributed by atoms with Gasteiger partial charge in [-0.15, -0.1) is 0 Å². The lowest BCUT2D eigenvalue weighted by Gasteiger charge is -2.33. The van der Waals surface area contributed by atoms with Crippen molar-refractivity contribution < 1.29 is 19.5 Å². The molecule has 1 aromatic rings. The van der Waals surface area contributed by atoms with Gasteiger partial charge in [0.25, 0.3) is 0 Å². The van der Waals surface area contributed by atoms with Crippen molar-refractivity contribution >= 4 is 17.9 Å². The highest BCUT2D eigenvalue weighted by molar-refractivity contribution is 5.97. The average Bonchev–Trinajstić information content (AvgIpc) is 2.55. The van der Waals surface area contributed by atoms with Crippen molar-refractivity contribution in [2.45, 2.75) is 12.5 Å². The molecule has 2 rings (SSSR count). The molecule has 1 heterocycles. The van der Waals surface area contributed by atoms with E-state index in [1.165, 1.54) is 4.90 Å². The van der Waals surface area contributed by atoms with Gasteiger partial charge in [0.2, 0.25) is 5.91 Å². The zero-order chi connectivity index (χ0) is 17.5. The maximum absolute atomic E-state index is 12.1. The van der Waals surface area contributed by atoms with Gasteiger partial charge in [-0.2, -0.15) is 0 Å². The first-order valence-corrected chi connectivity index (χ1v) is 7.79. The number of rotatable bonds is 5. The van der Waals surface area contributed by atoms with Gasteiger partial charge in [-0.3, -0.25) is 19.8 Å². The van der Waals surface area contributed by atoms with Crippen molar-refractivity contribution in [1.82, 2.24) is 15.1 Å². The molecular weight excluding hydrogens is 312 g/mol. The fourth-order valence-electron chi connectivity index (χ4n) is 2.54. The number of imide groups is 1. The average molecular weight is 334 g/mol. The van der Waals surface area contributed by atoms with E-state index in [1.54, 1.807) is 4.90 Å². The summed E-state index contributed by atoms with van der Waals surface area (Å²) < 4.78 is 0. The number of aliphatic carboxylic acids is 1. The first kappa shape index (κ1) is 17.9. The highest BCUT2D eigenvalue weighted by Gasteiger charge is 2.25. The summed E-state index contributed by atoms with van der Waals surface area (Å²) in [4.78, 5) is 38.0. The normalized spacial score (nSPS) is 16.5. The van der Waals surface area contributed by atoms with Crippen LogP contribution < -0.4 is 11.1 Å². The number of carboxylic acids is 1. The van der Waals surface area contributed by atoms with Crippen LogP contribution in [0.5, 0.6) is 0 Å². The van der Waals surface area contributed by atoms with Gasteiger partial charge in [0.05, 0.1) is 12.6 Å². The van der Waals surface area contributed by atoms with E-state index in [4.69, 9.17) is 10.8 Å². The summed E-state index contributed by atoms with van der Waals surface area (Å²) in [5.41, 5.74) is 6.77. The van der Waals surface area contributed by atoms with Gasteiger partial charge in [0.15, 0.2) is 0 Å². The quantitative estimate of drug-likeness (QED) is 0.668. The molecule has 0 spiro atoms. The van der Waals surface area contributed by atoms with Gasteiger partial charge >= 0.3 is 12.0 Å². The van der Waals surface area contributed by atoms with Crippen LogP contribution in [-0.4, -0.2) is 71.6 Å². The second-order valence-electron chi connectivity index (χ2n) is 5.75. The Morgan fingerprint density at radius 3 is 2.33 bits per heavy atom. The van der Waals surface area contributed by atoms with Crippen LogP contribution in [0, 0.1) is 0 Å². The van der Waals surface area contributed by atoms with Crippen LogP contribution >= 0.6 is 0 Å². The molecule has 0 bridgehead atoms. The molecule has 0 unspecified atom stereocenters. The third kappa shape index (κ3) is 5.32. The van der Waals surface area contributed by atoms with Crippen molar-refractivity contribution in [2.75, 3.05) is 32.7 Å². The Morgan fingerprint density at radius 2 is 1.75 bits per heavy atom. The summed E-state index contributed by atoms with van der Waals surface area (Å²) in [6, 6.07) is 8.06. The first-order chi connectivity index (χ1) is 11.5. The molecule has 1 fully saturated rings. The smallest absolute Gasteiger partial charge is 0.324 e. The lowest BCUT2D eigenvalue weighted by molar-refractivity contribution is -0.138. The minimum Gasteiger partial charge on any atom is -0.480 e. The van der Waals surface area contributed by atoms with Crippen LogP contribution in [0.1, 0.15) is 5.56 Å².